The fraction of sp³-hybridized carbons (Fsp3) is 0.200. The van der Waals surface area contributed by atoms with Gasteiger partial charge in [0, 0.05) is 19.7 Å². The van der Waals surface area contributed by atoms with Gasteiger partial charge < -0.3 is 4.90 Å². The first-order chi connectivity index (χ1) is 6.20. The Morgan fingerprint density at radius 2 is 1.92 bits per heavy atom. The highest BCUT2D eigenvalue weighted by molar-refractivity contribution is 5.98. The van der Waals surface area contributed by atoms with Crippen molar-refractivity contribution in [2.75, 3.05) is 14.1 Å². The zero-order chi connectivity index (χ0) is 9.68. The summed E-state index contributed by atoms with van der Waals surface area (Å²) in [5, 5.41) is 0. The normalized spacial score (nSPS) is 10.3. The van der Waals surface area contributed by atoms with Crippen molar-refractivity contribution in [1.29, 1.82) is 0 Å². The van der Waals surface area contributed by atoms with E-state index in [0.717, 1.165) is 0 Å². The molecule has 0 fully saturated rings. The van der Waals surface area contributed by atoms with Crippen LogP contribution in [0.25, 0.3) is 0 Å². The molecule has 1 aromatic carbocycles. The van der Waals surface area contributed by atoms with E-state index in [9.17, 15) is 4.79 Å². The minimum absolute atomic E-state index is 0.214. The Kier molecular flexibility index (Phi) is 3.20. The van der Waals surface area contributed by atoms with E-state index in [0.29, 0.717) is 5.56 Å². The molecule has 1 rings (SSSR count). The Labute approximate surface area is 77.7 Å². The second-order valence-corrected chi connectivity index (χ2v) is 2.88. The summed E-state index contributed by atoms with van der Waals surface area (Å²) in [5.74, 6) is -0.214. The van der Waals surface area contributed by atoms with Crippen LogP contribution in [0.1, 0.15) is 10.4 Å². The van der Waals surface area contributed by atoms with Crippen LogP contribution in [0.5, 0.6) is 0 Å². The molecule has 0 aliphatic carbocycles. The van der Waals surface area contributed by atoms with Crippen molar-refractivity contribution in [2.45, 2.75) is 0 Å². The maximum absolute atomic E-state index is 11.3. The molecule has 0 saturated heterocycles. The van der Waals surface area contributed by atoms with E-state index >= 15 is 0 Å². The van der Waals surface area contributed by atoms with Crippen molar-refractivity contribution in [1.82, 2.24) is 4.90 Å². The monoisotopic (exact) mass is 176 g/mol. The Morgan fingerprint density at radius 3 is 2.46 bits per heavy atom. The molecule has 0 bridgehead atoms. The molecule has 0 aliphatic heterocycles. The molecule has 3 nitrogen and oxygen atoms in total. The molecule has 68 valence electrons. The van der Waals surface area contributed by atoms with Crippen molar-refractivity contribution >= 4 is 12.2 Å². The summed E-state index contributed by atoms with van der Waals surface area (Å²) in [6, 6.07) is 8.99. The van der Waals surface area contributed by atoms with Gasteiger partial charge in [-0.2, -0.15) is 4.99 Å². The van der Waals surface area contributed by atoms with E-state index in [1.165, 1.54) is 6.34 Å². The fourth-order valence-electron chi connectivity index (χ4n) is 0.823. The number of rotatable bonds is 2. The number of carbonyl (C=O) groups is 1. The first-order valence-corrected chi connectivity index (χ1v) is 4.00. The van der Waals surface area contributed by atoms with Crippen molar-refractivity contribution in [2.24, 2.45) is 4.99 Å². The lowest BCUT2D eigenvalue weighted by atomic mass is 10.2. The van der Waals surface area contributed by atoms with Gasteiger partial charge in [-0.3, -0.25) is 4.79 Å². The molecule has 0 spiro atoms. The first kappa shape index (κ1) is 9.45. The van der Waals surface area contributed by atoms with Crippen molar-refractivity contribution in [3.63, 3.8) is 0 Å². The lowest BCUT2D eigenvalue weighted by molar-refractivity contribution is 0.100. The Balaban J connectivity index is 2.70. The maximum Gasteiger partial charge on any atom is 0.278 e. The molecule has 13 heavy (non-hydrogen) atoms. The number of amides is 1. The van der Waals surface area contributed by atoms with Gasteiger partial charge in [0.1, 0.15) is 0 Å². The standard InChI is InChI=1S/C10H12N2O/c1-12(2)8-11-10(13)9-6-4-3-5-7-9/h3-8H,1-2H3/b11-8+. The molecule has 1 amide bonds. The number of benzene rings is 1. The van der Waals surface area contributed by atoms with Gasteiger partial charge in [-0.25, -0.2) is 0 Å². The Bertz CT molecular complexity index is 304. The minimum Gasteiger partial charge on any atom is -0.369 e. The SMILES string of the molecule is CN(C)/C=N/C(=O)c1ccccc1. The molecule has 1 aromatic rings. The third-order valence-corrected chi connectivity index (χ3v) is 1.43. The number of aliphatic imine (C=N–C) groups is 1. The van der Waals surface area contributed by atoms with Gasteiger partial charge in [0.25, 0.3) is 5.91 Å². The zero-order valence-electron chi connectivity index (χ0n) is 7.77. The fourth-order valence-corrected chi connectivity index (χ4v) is 0.823. The van der Waals surface area contributed by atoms with Gasteiger partial charge in [-0.05, 0) is 12.1 Å². The van der Waals surface area contributed by atoms with Gasteiger partial charge in [0.15, 0.2) is 0 Å². The quantitative estimate of drug-likeness (QED) is 0.504. The summed E-state index contributed by atoms with van der Waals surface area (Å²) < 4.78 is 0. The van der Waals surface area contributed by atoms with Crippen LogP contribution in [-0.2, 0) is 0 Å². The van der Waals surface area contributed by atoms with Crippen LogP contribution >= 0.6 is 0 Å². The van der Waals surface area contributed by atoms with Gasteiger partial charge in [-0.15, -0.1) is 0 Å². The van der Waals surface area contributed by atoms with Gasteiger partial charge in [0.2, 0.25) is 0 Å². The topological polar surface area (TPSA) is 32.7 Å². The molecule has 0 aromatic heterocycles. The van der Waals surface area contributed by atoms with Crippen LogP contribution < -0.4 is 0 Å². The molecule has 0 unspecified atom stereocenters. The van der Waals surface area contributed by atoms with Gasteiger partial charge in [-0.1, -0.05) is 18.2 Å². The molecule has 0 N–H and O–H groups in total. The van der Waals surface area contributed by atoms with E-state index in [-0.39, 0.29) is 5.91 Å². The average Bonchev–Trinajstić information content (AvgIpc) is 2.15. The van der Waals surface area contributed by atoms with Crippen LogP contribution in [0.3, 0.4) is 0 Å². The van der Waals surface area contributed by atoms with E-state index in [4.69, 9.17) is 0 Å². The van der Waals surface area contributed by atoms with E-state index in [1.807, 2.05) is 32.3 Å². The molecule has 3 heteroatoms. The largest absolute Gasteiger partial charge is 0.369 e. The summed E-state index contributed by atoms with van der Waals surface area (Å²) in [5.41, 5.74) is 0.612. The van der Waals surface area contributed by atoms with Crippen molar-refractivity contribution < 1.29 is 4.79 Å². The number of nitrogens with zero attached hydrogens (tertiary/aromatic N) is 2. The lowest BCUT2D eigenvalue weighted by Crippen LogP contribution is -2.09. The Hall–Kier alpha value is -1.64. The molecule has 0 aliphatic rings. The maximum atomic E-state index is 11.3. The second-order valence-electron chi connectivity index (χ2n) is 2.88. The first-order valence-electron chi connectivity index (χ1n) is 4.00. The minimum atomic E-state index is -0.214. The highest BCUT2D eigenvalue weighted by Crippen LogP contribution is 1.99. The van der Waals surface area contributed by atoms with Crippen LogP contribution in [0.15, 0.2) is 35.3 Å². The zero-order valence-corrected chi connectivity index (χ0v) is 7.77. The predicted octanol–water partition coefficient (Wildman–Crippen LogP) is 1.42. The van der Waals surface area contributed by atoms with Crippen LogP contribution in [0, 0.1) is 0 Å². The van der Waals surface area contributed by atoms with E-state index < -0.39 is 0 Å². The third-order valence-electron chi connectivity index (χ3n) is 1.43. The van der Waals surface area contributed by atoms with E-state index in [2.05, 4.69) is 4.99 Å². The number of carbonyl (C=O) groups excluding carboxylic acids is 1. The van der Waals surface area contributed by atoms with Gasteiger partial charge in [0.05, 0.1) is 6.34 Å². The van der Waals surface area contributed by atoms with E-state index in [1.54, 1.807) is 17.0 Å². The highest BCUT2D eigenvalue weighted by Gasteiger charge is 1.99. The van der Waals surface area contributed by atoms with Gasteiger partial charge >= 0.3 is 0 Å². The average molecular weight is 176 g/mol. The Morgan fingerprint density at radius 1 is 1.31 bits per heavy atom. The molecule has 0 radical (unpaired) electrons. The summed E-state index contributed by atoms with van der Waals surface area (Å²) in [4.78, 5) is 16.8. The summed E-state index contributed by atoms with van der Waals surface area (Å²) in [7, 11) is 3.64. The third kappa shape index (κ3) is 3.07. The second kappa shape index (κ2) is 4.40. The highest BCUT2D eigenvalue weighted by atomic mass is 16.1. The van der Waals surface area contributed by atoms with Crippen molar-refractivity contribution in [3.05, 3.63) is 35.9 Å². The summed E-state index contributed by atoms with van der Waals surface area (Å²) in [6.07, 6.45) is 1.50. The lowest BCUT2D eigenvalue weighted by Gasteiger charge is -2.01. The van der Waals surface area contributed by atoms with Crippen molar-refractivity contribution in [3.8, 4) is 0 Å². The van der Waals surface area contributed by atoms with Crippen LogP contribution in [-0.4, -0.2) is 31.2 Å². The molecular weight excluding hydrogens is 164 g/mol. The molecule has 0 heterocycles. The molecule has 0 saturated carbocycles. The summed E-state index contributed by atoms with van der Waals surface area (Å²) >= 11 is 0. The van der Waals surface area contributed by atoms with Crippen LogP contribution in [0.2, 0.25) is 0 Å². The number of hydrogen-bond acceptors (Lipinski definition) is 1. The molecular formula is C10H12N2O. The smallest absolute Gasteiger partial charge is 0.278 e. The molecule has 0 atom stereocenters. The summed E-state index contributed by atoms with van der Waals surface area (Å²) in [6.45, 7) is 0. The predicted molar refractivity (Wildman–Crippen MR) is 53.0 cm³/mol. The number of hydrogen-bond donors (Lipinski definition) is 0. The van der Waals surface area contributed by atoms with Crippen LogP contribution in [0.4, 0.5) is 0 Å².